The average molecular weight is 224 g/mol. The Morgan fingerprint density at radius 3 is 2.75 bits per heavy atom. The molecule has 16 heavy (non-hydrogen) atoms. The van der Waals surface area contributed by atoms with E-state index < -0.39 is 0 Å². The quantitative estimate of drug-likeness (QED) is 0.727. The molecule has 0 aliphatic carbocycles. The third kappa shape index (κ3) is 3.98. The minimum atomic E-state index is 0.164. The van der Waals surface area contributed by atoms with Crippen molar-refractivity contribution in [1.82, 2.24) is 0 Å². The topological polar surface area (TPSA) is 56.5 Å². The van der Waals surface area contributed by atoms with E-state index in [2.05, 4.69) is 5.32 Å². The standard InChI is InChI=1S/C12H20N2O2/c1-4-16-12-6-10(13)5-11(7-12)14-8-9(2)15-3/h5-7,9,14H,4,8,13H2,1-3H3. The Morgan fingerprint density at radius 2 is 2.12 bits per heavy atom. The predicted octanol–water partition coefficient (Wildman–Crippen LogP) is 2.11. The van der Waals surface area contributed by atoms with Crippen molar-refractivity contribution in [2.75, 3.05) is 31.3 Å². The van der Waals surface area contributed by atoms with Gasteiger partial charge >= 0.3 is 0 Å². The first-order valence-electron chi connectivity index (χ1n) is 5.45. The summed E-state index contributed by atoms with van der Waals surface area (Å²) in [5.41, 5.74) is 7.42. The number of anilines is 2. The Bertz CT molecular complexity index is 329. The number of benzene rings is 1. The Hall–Kier alpha value is -1.42. The molecule has 0 saturated carbocycles. The monoisotopic (exact) mass is 224 g/mol. The van der Waals surface area contributed by atoms with E-state index in [-0.39, 0.29) is 6.10 Å². The van der Waals surface area contributed by atoms with E-state index in [1.165, 1.54) is 0 Å². The fourth-order valence-electron chi connectivity index (χ4n) is 1.32. The molecule has 0 spiro atoms. The molecule has 0 bridgehead atoms. The van der Waals surface area contributed by atoms with Gasteiger partial charge in [0, 0.05) is 37.2 Å². The first kappa shape index (κ1) is 12.6. The van der Waals surface area contributed by atoms with Gasteiger partial charge in [0.15, 0.2) is 0 Å². The maximum absolute atomic E-state index is 5.78. The molecule has 1 atom stereocenters. The van der Waals surface area contributed by atoms with E-state index in [1.807, 2.05) is 32.0 Å². The van der Waals surface area contributed by atoms with Gasteiger partial charge in [-0.1, -0.05) is 0 Å². The van der Waals surface area contributed by atoms with Gasteiger partial charge in [-0.3, -0.25) is 0 Å². The van der Waals surface area contributed by atoms with E-state index in [1.54, 1.807) is 7.11 Å². The zero-order valence-electron chi connectivity index (χ0n) is 10.1. The second kappa shape index (κ2) is 6.23. The van der Waals surface area contributed by atoms with Gasteiger partial charge in [-0.05, 0) is 19.9 Å². The first-order valence-corrected chi connectivity index (χ1v) is 5.45. The lowest BCUT2D eigenvalue weighted by Crippen LogP contribution is -2.18. The summed E-state index contributed by atoms with van der Waals surface area (Å²) in [6, 6.07) is 5.63. The molecule has 90 valence electrons. The molecule has 4 heteroatoms. The van der Waals surface area contributed by atoms with Crippen molar-refractivity contribution in [3.05, 3.63) is 18.2 Å². The summed E-state index contributed by atoms with van der Waals surface area (Å²) in [6.07, 6.45) is 0.164. The third-order valence-corrected chi connectivity index (χ3v) is 2.24. The summed E-state index contributed by atoms with van der Waals surface area (Å²) < 4.78 is 10.6. The fourth-order valence-corrected chi connectivity index (χ4v) is 1.32. The second-order valence-electron chi connectivity index (χ2n) is 3.65. The zero-order chi connectivity index (χ0) is 12.0. The molecule has 1 rings (SSSR count). The minimum Gasteiger partial charge on any atom is -0.494 e. The maximum Gasteiger partial charge on any atom is 0.123 e. The van der Waals surface area contributed by atoms with Crippen molar-refractivity contribution < 1.29 is 9.47 Å². The number of rotatable bonds is 6. The van der Waals surface area contributed by atoms with E-state index >= 15 is 0 Å². The first-order chi connectivity index (χ1) is 7.65. The fraction of sp³-hybridized carbons (Fsp3) is 0.500. The SMILES string of the molecule is CCOc1cc(N)cc(NCC(C)OC)c1. The van der Waals surface area contributed by atoms with Gasteiger partial charge < -0.3 is 20.5 Å². The van der Waals surface area contributed by atoms with Crippen LogP contribution in [0, 0.1) is 0 Å². The molecule has 0 amide bonds. The summed E-state index contributed by atoms with van der Waals surface area (Å²) in [6.45, 7) is 5.33. The number of methoxy groups -OCH3 is 1. The van der Waals surface area contributed by atoms with Crippen molar-refractivity contribution in [2.45, 2.75) is 20.0 Å². The van der Waals surface area contributed by atoms with Gasteiger partial charge in [0.2, 0.25) is 0 Å². The number of nitrogens with one attached hydrogen (secondary N) is 1. The molecule has 0 fully saturated rings. The zero-order valence-corrected chi connectivity index (χ0v) is 10.1. The van der Waals surface area contributed by atoms with Crippen molar-refractivity contribution >= 4 is 11.4 Å². The molecule has 1 aromatic rings. The van der Waals surface area contributed by atoms with Gasteiger partial charge in [-0.25, -0.2) is 0 Å². The third-order valence-electron chi connectivity index (χ3n) is 2.24. The highest BCUT2D eigenvalue weighted by Crippen LogP contribution is 2.22. The van der Waals surface area contributed by atoms with Crippen molar-refractivity contribution in [3.8, 4) is 5.75 Å². The number of nitrogens with two attached hydrogens (primary N) is 1. The predicted molar refractivity (Wildman–Crippen MR) is 67.0 cm³/mol. The highest BCUT2D eigenvalue weighted by atomic mass is 16.5. The Morgan fingerprint density at radius 1 is 1.38 bits per heavy atom. The normalized spacial score (nSPS) is 12.2. The summed E-state index contributed by atoms with van der Waals surface area (Å²) in [5.74, 6) is 0.787. The van der Waals surface area contributed by atoms with Crippen LogP contribution in [-0.4, -0.2) is 26.4 Å². The van der Waals surface area contributed by atoms with Crippen LogP contribution in [0.4, 0.5) is 11.4 Å². The van der Waals surface area contributed by atoms with Crippen LogP contribution in [0.5, 0.6) is 5.75 Å². The second-order valence-corrected chi connectivity index (χ2v) is 3.65. The number of nitrogen functional groups attached to an aromatic ring is 1. The van der Waals surface area contributed by atoms with E-state index in [9.17, 15) is 0 Å². The highest BCUT2D eigenvalue weighted by molar-refractivity contribution is 5.59. The Labute approximate surface area is 96.7 Å². The molecule has 0 saturated heterocycles. The Kier molecular flexibility index (Phi) is 4.92. The summed E-state index contributed by atoms with van der Waals surface area (Å²) in [4.78, 5) is 0. The molecule has 0 heterocycles. The van der Waals surface area contributed by atoms with Crippen molar-refractivity contribution in [2.24, 2.45) is 0 Å². The molecule has 0 aliphatic rings. The number of hydrogen-bond acceptors (Lipinski definition) is 4. The summed E-state index contributed by atoms with van der Waals surface area (Å²) in [5, 5.41) is 3.25. The van der Waals surface area contributed by atoms with Crippen LogP contribution < -0.4 is 15.8 Å². The van der Waals surface area contributed by atoms with Crippen LogP contribution in [0.2, 0.25) is 0 Å². The number of ether oxygens (including phenoxy) is 2. The van der Waals surface area contributed by atoms with E-state index in [4.69, 9.17) is 15.2 Å². The van der Waals surface area contributed by atoms with Gasteiger partial charge in [0.25, 0.3) is 0 Å². The van der Waals surface area contributed by atoms with Gasteiger partial charge in [-0.2, -0.15) is 0 Å². The van der Waals surface area contributed by atoms with Gasteiger partial charge in [-0.15, -0.1) is 0 Å². The highest BCUT2D eigenvalue weighted by Gasteiger charge is 2.02. The summed E-state index contributed by atoms with van der Waals surface area (Å²) in [7, 11) is 1.69. The van der Waals surface area contributed by atoms with Crippen LogP contribution in [0.25, 0.3) is 0 Å². The molecular weight excluding hydrogens is 204 g/mol. The van der Waals surface area contributed by atoms with Crippen molar-refractivity contribution in [1.29, 1.82) is 0 Å². The average Bonchev–Trinajstić information content (AvgIpc) is 2.25. The van der Waals surface area contributed by atoms with Gasteiger partial charge in [0.05, 0.1) is 12.7 Å². The molecule has 3 N–H and O–H groups in total. The van der Waals surface area contributed by atoms with Crippen molar-refractivity contribution in [3.63, 3.8) is 0 Å². The molecule has 0 radical (unpaired) electrons. The van der Waals surface area contributed by atoms with Crippen LogP contribution in [0.1, 0.15) is 13.8 Å². The van der Waals surface area contributed by atoms with Gasteiger partial charge in [0.1, 0.15) is 5.75 Å². The largest absolute Gasteiger partial charge is 0.494 e. The van der Waals surface area contributed by atoms with Crippen LogP contribution in [-0.2, 0) is 4.74 Å². The molecule has 1 aromatic carbocycles. The summed E-state index contributed by atoms with van der Waals surface area (Å²) >= 11 is 0. The minimum absolute atomic E-state index is 0.164. The number of hydrogen-bond donors (Lipinski definition) is 2. The molecule has 0 aromatic heterocycles. The molecule has 1 unspecified atom stereocenters. The lowest BCUT2D eigenvalue weighted by Gasteiger charge is -2.13. The molecule has 0 aliphatic heterocycles. The lowest BCUT2D eigenvalue weighted by molar-refractivity contribution is 0.129. The van der Waals surface area contributed by atoms with Crippen LogP contribution in [0.3, 0.4) is 0 Å². The van der Waals surface area contributed by atoms with Crippen LogP contribution >= 0.6 is 0 Å². The smallest absolute Gasteiger partial charge is 0.123 e. The molecule has 4 nitrogen and oxygen atoms in total. The van der Waals surface area contributed by atoms with Crippen LogP contribution in [0.15, 0.2) is 18.2 Å². The van der Waals surface area contributed by atoms with E-state index in [0.717, 1.165) is 18.0 Å². The van der Waals surface area contributed by atoms with E-state index in [0.29, 0.717) is 12.3 Å². The molecular formula is C12H20N2O2. The maximum atomic E-state index is 5.78. The lowest BCUT2D eigenvalue weighted by atomic mass is 10.2. The Balaban J connectivity index is 2.64.